The predicted octanol–water partition coefficient (Wildman–Crippen LogP) is 2.01. The van der Waals surface area contributed by atoms with Gasteiger partial charge in [0, 0.05) is 5.94 Å². The first-order chi connectivity index (χ1) is 8.52. The van der Waals surface area contributed by atoms with E-state index in [1.165, 1.54) is 25.7 Å². The van der Waals surface area contributed by atoms with Crippen molar-refractivity contribution in [3.8, 4) is 0 Å². The molecule has 4 heteroatoms. The average molecular weight is 249 g/mol. The third kappa shape index (κ3) is 1.32. The van der Waals surface area contributed by atoms with E-state index in [-0.39, 0.29) is 12.7 Å². The van der Waals surface area contributed by atoms with Crippen LogP contribution < -0.4 is 5.32 Å². The number of hydrogen-bond acceptors (Lipinski definition) is 3. The minimum Gasteiger partial charge on any atom is -0.404 e. The maximum absolute atomic E-state index is 6.44. The zero-order valence-corrected chi connectivity index (χ0v) is 11.7. The lowest BCUT2D eigenvalue weighted by molar-refractivity contribution is -0.199. The van der Waals surface area contributed by atoms with Crippen molar-refractivity contribution in [2.45, 2.75) is 64.1 Å². The molecule has 3 saturated carbocycles. The van der Waals surface area contributed by atoms with Crippen LogP contribution in [0.4, 0.5) is 0 Å². The Morgan fingerprint density at radius 2 is 2.06 bits per heavy atom. The van der Waals surface area contributed by atoms with Crippen molar-refractivity contribution in [3.63, 3.8) is 0 Å². The van der Waals surface area contributed by atoms with Crippen molar-refractivity contribution in [3.05, 3.63) is 0 Å². The molecular weight excluding hydrogens is 225 g/mol. The summed E-state index contributed by atoms with van der Waals surface area (Å²) in [5.74, 6) is 1.95. The molecule has 0 spiro atoms. The number of nitrogens with one attached hydrogen (secondary N) is 1. The summed E-state index contributed by atoms with van der Waals surface area (Å²) in [7, 11) is -0.00218. The van der Waals surface area contributed by atoms with Crippen LogP contribution in [0.2, 0.25) is 0 Å². The van der Waals surface area contributed by atoms with Gasteiger partial charge in [-0.15, -0.1) is 0 Å². The summed E-state index contributed by atoms with van der Waals surface area (Å²) in [5, 5.41) is 3.52. The molecule has 0 aromatic heterocycles. The molecule has 18 heavy (non-hydrogen) atoms. The van der Waals surface area contributed by atoms with Gasteiger partial charge in [0.05, 0.1) is 11.7 Å². The third-order valence-electron chi connectivity index (χ3n) is 6.40. The first-order valence-electron chi connectivity index (χ1n) is 7.58. The van der Waals surface area contributed by atoms with Crippen LogP contribution in [-0.2, 0) is 9.31 Å². The van der Waals surface area contributed by atoms with Crippen LogP contribution in [0.1, 0.15) is 46.5 Å². The lowest BCUT2D eigenvalue weighted by atomic mass is 9.43. The van der Waals surface area contributed by atoms with E-state index in [4.69, 9.17) is 9.31 Å². The van der Waals surface area contributed by atoms with Crippen LogP contribution in [0, 0.1) is 17.3 Å². The fraction of sp³-hybridized carbons (Fsp3) is 1.00. The molecule has 1 N–H and O–H groups in total. The Kier molecular flexibility index (Phi) is 2.30. The molecule has 2 bridgehead atoms. The normalized spacial score (nSPS) is 53.2. The predicted molar refractivity (Wildman–Crippen MR) is 71.1 cm³/mol. The summed E-state index contributed by atoms with van der Waals surface area (Å²) >= 11 is 0. The molecule has 100 valence electrons. The van der Waals surface area contributed by atoms with Crippen molar-refractivity contribution < 1.29 is 9.31 Å². The van der Waals surface area contributed by atoms with Crippen LogP contribution in [0.3, 0.4) is 0 Å². The van der Waals surface area contributed by atoms with Crippen molar-refractivity contribution in [1.82, 2.24) is 5.32 Å². The molecule has 0 aromatic rings. The van der Waals surface area contributed by atoms with Gasteiger partial charge in [0.25, 0.3) is 0 Å². The Morgan fingerprint density at radius 3 is 2.72 bits per heavy atom. The van der Waals surface area contributed by atoms with Gasteiger partial charge in [0.2, 0.25) is 0 Å². The van der Waals surface area contributed by atoms with E-state index in [0.717, 1.165) is 12.5 Å². The summed E-state index contributed by atoms with van der Waals surface area (Å²) < 4.78 is 12.7. The maximum Gasteiger partial charge on any atom is 0.475 e. The highest BCUT2D eigenvalue weighted by Gasteiger charge is 2.68. The second-order valence-corrected chi connectivity index (χ2v) is 7.54. The molecule has 5 fully saturated rings. The Hall–Kier alpha value is -0.0551. The molecule has 3 nitrogen and oxygen atoms in total. The SMILES string of the molecule is CC1(C)[C@@H]2CC3OB([C@@H]4CCCN4)O[C@@]3(C)[C@H]1C2. The van der Waals surface area contributed by atoms with Gasteiger partial charge in [0.15, 0.2) is 0 Å². The summed E-state index contributed by atoms with van der Waals surface area (Å²) in [6, 6.07) is 0. The molecule has 2 aliphatic heterocycles. The number of rotatable bonds is 1. The molecular formula is C14H24BNO2. The Bertz CT molecular complexity index is 369. The topological polar surface area (TPSA) is 30.5 Å². The van der Waals surface area contributed by atoms with Crippen molar-refractivity contribution in [1.29, 1.82) is 0 Å². The van der Waals surface area contributed by atoms with E-state index in [1.807, 2.05) is 0 Å². The Balaban J connectivity index is 1.57. The highest BCUT2D eigenvalue weighted by molar-refractivity contribution is 6.47. The quantitative estimate of drug-likeness (QED) is 0.721. The van der Waals surface area contributed by atoms with E-state index >= 15 is 0 Å². The van der Waals surface area contributed by atoms with Gasteiger partial charge >= 0.3 is 7.12 Å². The monoisotopic (exact) mass is 249 g/mol. The summed E-state index contributed by atoms with van der Waals surface area (Å²) in [6.07, 6.45) is 5.33. The first-order valence-corrected chi connectivity index (χ1v) is 7.58. The van der Waals surface area contributed by atoms with Gasteiger partial charge in [-0.3, -0.25) is 0 Å². The van der Waals surface area contributed by atoms with Crippen LogP contribution in [0.5, 0.6) is 0 Å². The second-order valence-electron chi connectivity index (χ2n) is 7.54. The standard InChI is InChI=1S/C14H24BNO2/c1-13(2)9-7-10(13)14(3)11(8-9)17-15(18-14)12-5-4-6-16-12/h9-12,16H,4-8H2,1-3H3/t9-,10-,11?,12-,14-/m0/s1. The minimum atomic E-state index is -0.0345. The zero-order chi connectivity index (χ0) is 12.5. The third-order valence-corrected chi connectivity index (χ3v) is 6.40. The van der Waals surface area contributed by atoms with Crippen LogP contribution in [-0.4, -0.2) is 31.3 Å². The summed E-state index contributed by atoms with van der Waals surface area (Å²) in [4.78, 5) is 0. The van der Waals surface area contributed by atoms with Gasteiger partial charge in [0.1, 0.15) is 0 Å². The highest BCUT2D eigenvalue weighted by Crippen LogP contribution is 2.65. The first kappa shape index (κ1) is 11.7. The fourth-order valence-electron chi connectivity index (χ4n) is 5.01. The van der Waals surface area contributed by atoms with Crippen molar-refractivity contribution >= 4 is 7.12 Å². The van der Waals surface area contributed by atoms with Gasteiger partial charge in [-0.2, -0.15) is 0 Å². The lowest BCUT2D eigenvalue weighted by Crippen LogP contribution is -2.65. The van der Waals surface area contributed by atoms with E-state index in [2.05, 4.69) is 26.1 Å². The van der Waals surface area contributed by atoms with Crippen LogP contribution in [0.25, 0.3) is 0 Å². The maximum atomic E-state index is 6.44. The molecule has 2 heterocycles. The smallest absolute Gasteiger partial charge is 0.404 e. The van der Waals surface area contributed by atoms with E-state index in [0.29, 0.717) is 23.4 Å². The zero-order valence-electron chi connectivity index (χ0n) is 11.7. The molecule has 0 radical (unpaired) electrons. The van der Waals surface area contributed by atoms with Crippen molar-refractivity contribution in [2.24, 2.45) is 17.3 Å². The van der Waals surface area contributed by atoms with E-state index in [1.54, 1.807) is 0 Å². The van der Waals surface area contributed by atoms with Gasteiger partial charge in [-0.1, -0.05) is 13.8 Å². The molecule has 2 saturated heterocycles. The molecule has 0 amide bonds. The minimum absolute atomic E-state index is 0.00218. The van der Waals surface area contributed by atoms with Crippen LogP contribution >= 0.6 is 0 Å². The van der Waals surface area contributed by atoms with Gasteiger partial charge in [-0.25, -0.2) is 0 Å². The van der Waals surface area contributed by atoms with E-state index < -0.39 is 0 Å². The largest absolute Gasteiger partial charge is 0.475 e. The summed E-state index contributed by atoms with van der Waals surface area (Å²) in [6.45, 7) is 8.25. The van der Waals surface area contributed by atoms with Gasteiger partial charge < -0.3 is 14.6 Å². The van der Waals surface area contributed by atoms with Gasteiger partial charge in [-0.05, 0) is 56.4 Å². The number of hydrogen-bond donors (Lipinski definition) is 1. The fourth-order valence-corrected chi connectivity index (χ4v) is 5.01. The highest BCUT2D eigenvalue weighted by atomic mass is 16.7. The molecule has 5 atom stereocenters. The molecule has 5 rings (SSSR count). The molecule has 3 aliphatic carbocycles. The average Bonchev–Trinajstić information content (AvgIpc) is 2.92. The Labute approximate surface area is 110 Å². The molecule has 5 aliphatic rings. The van der Waals surface area contributed by atoms with E-state index in [9.17, 15) is 0 Å². The molecule has 0 aromatic carbocycles. The Morgan fingerprint density at radius 1 is 1.22 bits per heavy atom. The molecule has 1 unspecified atom stereocenters. The van der Waals surface area contributed by atoms with Crippen LogP contribution in [0.15, 0.2) is 0 Å². The second kappa shape index (κ2) is 3.53. The lowest BCUT2D eigenvalue weighted by Gasteiger charge is -2.64. The summed E-state index contributed by atoms with van der Waals surface area (Å²) in [5.41, 5.74) is 0.416. The van der Waals surface area contributed by atoms with Crippen molar-refractivity contribution in [2.75, 3.05) is 6.54 Å².